The number of carbonyl (C=O) groups excluding carboxylic acids is 3. The van der Waals surface area contributed by atoms with Gasteiger partial charge in [-0.3, -0.25) is 25.2 Å². The van der Waals surface area contributed by atoms with Crippen LogP contribution < -0.4 is 16.2 Å². The number of nitrogens with one attached hydrogen (secondary N) is 3. The van der Waals surface area contributed by atoms with Crippen LogP contribution in [-0.2, 0) is 11.2 Å². The first-order chi connectivity index (χ1) is 12.3. The molecule has 0 saturated heterocycles. The number of amides is 3. The molecule has 0 bridgehead atoms. The van der Waals surface area contributed by atoms with Crippen molar-refractivity contribution in [1.29, 1.82) is 0 Å². The topological polar surface area (TPSA) is 87.3 Å². The Morgan fingerprint density at radius 2 is 1.85 bits per heavy atom. The summed E-state index contributed by atoms with van der Waals surface area (Å²) in [6.07, 6.45) is 0.848. The first kappa shape index (κ1) is 19.9. The number of halogens is 1. The minimum Gasteiger partial charge on any atom is -0.340 e. The smallest absolute Gasteiger partial charge is 0.279 e. The highest BCUT2D eigenvalue weighted by Gasteiger charge is 2.19. The molecular weight excluding hydrogens is 374 g/mol. The van der Waals surface area contributed by atoms with Crippen LogP contribution in [0, 0.1) is 6.92 Å². The van der Waals surface area contributed by atoms with Crippen molar-refractivity contribution < 1.29 is 14.4 Å². The molecule has 1 atom stereocenters. The predicted molar refractivity (Wildman–Crippen MR) is 102 cm³/mol. The van der Waals surface area contributed by atoms with Crippen molar-refractivity contribution in [3.63, 3.8) is 0 Å². The van der Waals surface area contributed by atoms with Crippen LogP contribution in [-0.4, -0.2) is 23.8 Å². The molecule has 3 amide bonds. The zero-order chi connectivity index (χ0) is 19.3. The standard InChI is InChI=1S/C18H20ClN3O3S/c1-4-14-10(2)9-15(26-14)18(25)22-21-16(23)11(3)20-17(24)12-7-5-6-8-13(12)19/h5-9,11H,4H2,1-3H3,(H,20,24)(H,21,23)(H,22,25)/t11-/m0/s1. The summed E-state index contributed by atoms with van der Waals surface area (Å²) in [5.41, 5.74) is 6.01. The van der Waals surface area contributed by atoms with E-state index in [2.05, 4.69) is 16.2 Å². The first-order valence-corrected chi connectivity index (χ1v) is 9.27. The molecule has 2 rings (SSSR count). The SMILES string of the molecule is CCc1sc(C(=O)NNC(=O)[C@H](C)NC(=O)c2ccccc2Cl)cc1C. The maximum absolute atomic E-state index is 12.2. The molecule has 26 heavy (non-hydrogen) atoms. The molecule has 1 heterocycles. The van der Waals surface area contributed by atoms with Crippen molar-refractivity contribution in [2.24, 2.45) is 0 Å². The van der Waals surface area contributed by atoms with E-state index in [4.69, 9.17) is 11.6 Å². The lowest BCUT2D eigenvalue weighted by Gasteiger charge is -2.15. The van der Waals surface area contributed by atoms with Crippen LogP contribution in [0.5, 0.6) is 0 Å². The zero-order valence-corrected chi connectivity index (χ0v) is 16.3. The minimum atomic E-state index is -0.852. The number of hydrogen-bond acceptors (Lipinski definition) is 4. The monoisotopic (exact) mass is 393 g/mol. The van der Waals surface area contributed by atoms with E-state index >= 15 is 0 Å². The van der Waals surface area contributed by atoms with E-state index in [1.54, 1.807) is 30.3 Å². The van der Waals surface area contributed by atoms with Gasteiger partial charge in [0.15, 0.2) is 0 Å². The Hall–Kier alpha value is -2.38. The second-order valence-corrected chi connectivity index (χ2v) is 7.23. The number of hydrogen-bond donors (Lipinski definition) is 3. The van der Waals surface area contributed by atoms with Gasteiger partial charge in [-0.25, -0.2) is 0 Å². The van der Waals surface area contributed by atoms with Crippen LogP contribution in [0.3, 0.4) is 0 Å². The van der Waals surface area contributed by atoms with Crippen molar-refractivity contribution in [3.8, 4) is 0 Å². The van der Waals surface area contributed by atoms with Gasteiger partial charge in [-0.05, 0) is 44.0 Å². The largest absolute Gasteiger partial charge is 0.340 e. The summed E-state index contributed by atoms with van der Waals surface area (Å²) in [5, 5.41) is 2.84. The quantitative estimate of drug-likeness (QED) is 0.682. The Morgan fingerprint density at radius 3 is 2.46 bits per heavy atom. The molecule has 2 aromatic rings. The highest BCUT2D eigenvalue weighted by Crippen LogP contribution is 2.22. The molecule has 8 heteroatoms. The van der Waals surface area contributed by atoms with Crippen LogP contribution in [0.2, 0.25) is 5.02 Å². The fraction of sp³-hybridized carbons (Fsp3) is 0.278. The lowest BCUT2D eigenvalue weighted by molar-refractivity contribution is -0.123. The maximum atomic E-state index is 12.2. The minimum absolute atomic E-state index is 0.277. The van der Waals surface area contributed by atoms with E-state index in [9.17, 15) is 14.4 Å². The normalized spacial score (nSPS) is 11.5. The number of thiophene rings is 1. The van der Waals surface area contributed by atoms with Crippen molar-refractivity contribution in [3.05, 3.63) is 56.2 Å². The van der Waals surface area contributed by atoms with Gasteiger partial charge < -0.3 is 5.32 Å². The van der Waals surface area contributed by atoms with Gasteiger partial charge in [-0.1, -0.05) is 30.7 Å². The Morgan fingerprint density at radius 1 is 1.15 bits per heavy atom. The number of hydrazine groups is 1. The summed E-state index contributed by atoms with van der Waals surface area (Å²) < 4.78 is 0. The Balaban J connectivity index is 1.89. The summed E-state index contributed by atoms with van der Waals surface area (Å²) in [6, 6.07) is 7.48. The fourth-order valence-electron chi connectivity index (χ4n) is 2.26. The third kappa shape index (κ3) is 4.83. The van der Waals surface area contributed by atoms with Crippen LogP contribution in [0.15, 0.2) is 30.3 Å². The van der Waals surface area contributed by atoms with Gasteiger partial charge in [0.1, 0.15) is 6.04 Å². The molecule has 1 aromatic heterocycles. The highest BCUT2D eigenvalue weighted by atomic mass is 35.5. The van der Waals surface area contributed by atoms with Gasteiger partial charge in [0.05, 0.1) is 15.5 Å². The predicted octanol–water partition coefficient (Wildman–Crippen LogP) is 2.85. The molecule has 0 aliphatic carbocycles. The number of benzene rings is 1. The van der Waals surface area contributed by atoms with E-state index < -0.39 is 23.8 Å². The van der Waals surface area contributed by atoms with Gasteiger partial charge in [0, 0.05) is 4.88 Å². The summed E-state index contributed by atoms with van der Waals surface area (Å²) in [6.45, 7) is 5.48. The Bertz CT molecular complexity index is 835. The summed E-state index contributed by atoms with van der Waals surface area (Å²) >= 11 is 7.35. The molecule has 0 spiro atoms. The van der Waals surface area contributed by atoms with E-state index in [0.717, 1.165) is 16.9 Å². The molecule has 138 valence electrons. The van der Waals surface area contributed by atoms with E-state index in [1.165, 1.54) is 18.3 Å². The van der Waals surface area contributed by atoms with Gasteiger partial charge in [-0.2, -0.15) is 0 Å². The molecule has 3 N–H and O–H groups in total. The maximum Gasteiger partial charge on any atom is 0.279 e. The number of rotatable bonds is 5. The molecule has 0 saturated carbocycles. The van der Waals surface area contributed by atoms with E-state index in [1.807, 2.05) is 13.8 Å². The lowest BCUT2D eigenvalue weighted by Crippen LogP contribution is -2.51. The van der Waals surface area contributed by atoms with Gasteiger partial charge in [-0.15, -0.1) is 11.3 Å². The third-order valence-electron chi connectivity index (χ3n) is 3.72. The fourth-order valence-corrected chi connectivity index (χ4v) is 3.49. The lowest BCUT2D eigenvalue weighted by atomic mass is 10.2. The molecule has 0 fully saturated rings. The van der Waals surface area contributed by atoms with Crippen molar-refractivity contribution in [1.82, 2.24) is 16.2 Å². The van der Waals surface area contributed by atoms with Gasteiger partial charge in [0.25, 0.3) is 17.7 Å². The number of aryl methyl sites for hydroxylation is 2. The Kier molecular flexibility index (Phi) is 6.76. The average molecular weight is 394 g/mol. The third-order valence-corrected chi connectivity index (χ3v) is 5.43. The van der Waals surface area contributed by atoms with Gasteiger partial charge in [0.2, 0.25) is 0 Å². The summed E-state index contributed by atoms with van der Waals surface area (Å²) in [5.74, 6) is -1.40. The molecule has 0 aliphatic rings. The molecule has 0 unspecified atom stereocenters. The Labute approximate surface area is 160 Å². The van der Waals surface area contributed by atoms with Crippen LogP contribution in [0.25, 0.3) is 0 Å². The second-order valence-electron chi connectivity index (χ2n) is 5.69. The average Bonchev–Trinajstić information content (AvgIpc) is 3.00. The molecule has 1 aromatic carbocycles. The van der Waals surface area contributed by atoms with Crippen molar-refractivity contribution in [2.75, 3.05) is 0 Å². The van der Waals surface area contributed by atoms with Crippen LogP contribution >= 0.6 is 22.9 Å². The summed E-state index contributed by atoms with van der Waals surface area (Å²) in [4.78, 5) is 38.0. The molecular formula is C18H20ClN3O3S. The first-order valence-electron chi connectivity index (χ1n) is 8.08. The van der Waals surface area contributed by atoms with Crippen molar-refractivity contribution in [2.45, 2.75) is 33.2 Å². The van der Waals surface area contributed by atoms with Crippen LogP contribution in [0.1, 0.15) is 44.3 Å². The van der Waals surface area contributed by atoms with E-state index in [-0.39, 0.29) is 5.56 Å². The highest BCUT2D eigenvalue weighted by molar-refractivity contribution is 7.14. The molecule has 6 nitrogen and oxygen atoms in total. The number of carbonyl (C=O) groups is 3. The zero-order valence-electron chi connectivity index (χ0n) is 14.7. The van der Waals surface area contributed by atoms with Crippen molar-refractivity contribution >= 4 is 40.7 Å². The van der Waals surface area contributed by atoms with Crippen LogP contribution in [0.4, 0.5) is 0 Å². The van der Waals surface area contributed by atoms with Gasteiger partial charge >= 0.3 is 0 Å². The molecule has 0 aliphatic heterocycles. The molecule has 0 radical (unpaired) electrons. The second kappa shape index (κ2) is 8.82. The summed E-state index contributed by atoms with van der Waals surface area (Å²) in [7, 11) is 0. The van der Waals surface area contributed by atoms with E-state index in [0.29, 0.717) is 9.90 Å².